The molecule has 1 saturated heterocycles. The lowest BCUT2D eigenvalue weighted by molar-refractivity contribution is -0.145. The van der Waals surface area contributed by atoms with E-state index in [1.165, 1.54) is 18.2 Å². The van der Waals surface area contributed by atoms with Crippen molar-refractivity contribution in [2.45, 2.75) is 38.6 Å². The van der Waals surface area contributed by atoms with Gasteiger partial charge in [-0.25, -0.2) is 18.9 Å². The van der Waals surface area contributed by atoms with Crippen molar-refractivity contribution in [2.75, 3.05) is 11.9 Å². The van der Waals surface area contributed by atoms with Crippen molar-refractivity contribution in [3.63, 3.8) is 0 Å². The quantitative estimate of drug-likeness (QED) is 0.587. The largest absolute Gasteiger partial charge is 0.334 e. The fourth-order valence-electron chi connectivity index (χ4n) is 3.66. The molecule has 0 radical (unpaired) electrons. The number of anilines is 1. The molecule has 1 aromatic rings. The number of amides is 7. The third-order valence-electron chi connectivity index (χ3n) is 5.16. The van der Waals surface area contributed by atoms with Gasteiger partial charge in [0.05, 0.1) is 5.69 Å². The molecular weight excluding hydrogens is 383 g/mol. The van der Waals surface area contributed by atoms with Crippen LogP contribution in [-0.4, -0.2) is 52.2 Å². The Bertz CT molecular complexity index is 874. The fourth-order valence-corrected chi connectivity index (χ4v) is 3.66. The van der Waals surface area contributed by atoms with E-state index in [4.69, 9.17) is 0 Å². The van der Waals surface area contributed by atoms with Crippen LogP contribution in [0.1, 0.15) is 32.6 Å². The van der Waals surface area contributed by atoms with E-state index in [0.29, 0.717) is 11.3 Å². The van der Waals surface area contributed by atoms with Crippen molar-refractivity contribution in [1.29, 1.82) is 0 Å². The highest BCUT2D eigenvalue weighted by Crippen LogP contribution is 2.31. The number of para-hydroxylation sites is 1. The van der Waals surface area contributed by atoms with Gasteiger partial charge in [0, 0.05) is 6.04 Å². The molecule has 10 heteroatoms. The molecule has 0 aromatic heterocycles. The maximum atomic E-state index is 13.5. The highest BCUT2D eigenvalue weighted by atomic mass is 19.1. The summed E-state index contributed by atoms with van der Waals surface area (Å²) in [4.78, 5) is 62.5. The molecule has 1 heterocycles. The normalized spacial score (nSPS) is 22.1. The van der Waals surface area contributed by atoms with E-state index in [1.807, 2.05) is 12.2 Å². The third kappa shape index (κ3) is 4.25. The van der Waals surface area contributed by atoms with Gasteiger partial charge in [-0.1, -0.05) is 31.9 Å². The lowest BCUT2D eigenvalue weighted by Gasteiger charge is -2.34. The second-order valence-electron chi connectivity index (χ2n) is 7.16. The third-order valence-corrected chi connectivity index (χ3v) is 5.16. The van der Waals surface area contributed by atoms with E-state index < -0.39 is 42.1 Å². The van der Waals surface area contributed by atoms with E-state index >= 15 is 0 Å². The molecule has 9 nitrogen and oxygen atoms in total. The van der Waals surface area contributed by atoms with Gasteiger partial charge in [0.15, 0.2) is 0 Å². The zero-order valence-electron chi connectivity index (χ0n) is 15.8. The molecule has 3 rings (SSSR count). The van der Waals surface area contributed by atoms with Crippen molar-refractivity contribution in [2.24, 2.45) is 5.92 Å². The van der Waals surface area contributed by atoms with Crippen molar-refractivity contribution in [3.05, 3.63) is 30.1 Å². The lowest BCUT2D eigenvalue weighted by atomic mass is 9.85. The Balaban J connectivity index is 1.62. The van der Waals surface area contributed by atoms with Crippen molar-refractivity contribution < 1.29 is 28.4 Å². The summed E-state index contributed by atoms with van der Waals surface area (Å²) in [6.07, 6.45) is 3.28. The first-order valence-corrected chi connectivity index (χ1v) is 9.34. The number of benzene rings is 1. The SMILES string of the molecule is C[C@@H]1CCCC[C@H]1N1C(=O)C(=O)N(CC(=O)NC(=O)Nc2ccccc2F)C1=O. The number of carbonyl (C=O) groups is 5. The van der Waals surface area contributed by atoms with Crippen molar-refractivity contribution >= 4 is 35.5 Å². The standard InChI is InChI=1S/C19H21FN4O5/c1-11-6-2-5-9-14(11)24-17(27)16(26)23(19(24)29)10-15(25)22-18(28)21-13-8-4-3-7-12(13)20/h3-4,7-8,11,14H,2,5-6,9-10H2,1H3,(H2,21,22,25,28)/t11-,14-/m1/s1. The molecule has 1 aliphatic heterocycles. The Morgan fingerprint density at radius 2 is 1.79 bits per heavy atom. The topological polar surface area (TPSA) is 116 Å². The molecule has 2 N–H and O–H groups in total. The van der Waals surface area contributed by atoms with Crippen LogP contribution in [0.25, 0.3) is 0 Å². The van der Waals surface area contributed by atoms with E-state index in [1.54, 1.807) is 0 Å². The van der Waals surface area contributed by atoms with Crippen molar-refractivity contribution in [3.8, 4) is 0 Å². The molecule has 0 bridgehead atoms. The number of nitrogens with zero attached hydrogens (tertiary/aromatic N) is 2. The monoisotopic (exact) mass is 404 g/mol. The van der Waals surface area contributed by atoms with Crippen LogP contribution >= 0.6 is 0 Å². The molecule has 1 aliphatic carbocycles. The summed E-state index contributed by atoms with van der Waals surface area (Å²) in [7, 11) is 0. The highest BCUT2D eigenvalue weighted by Gasteiger charge is 2.49. The van der Waals surface area contributed by atoms with Gasteiger partial charge in [0.1, 0.15) is 12.4 Å². The summed E-state index contributed by atoms with van der Waals surface area (Å²) in [5.74, 6) is -3.67. The van der Waals surface area contributed by atoms with Crippen LogP contribution < -0.4 is 10.6 Å². The lowest BCUT2D eigenvalue weighted by Crippen LogP contribution is -2.47. The van der Waals surface area contributed by atoms with Crippen LogP contribution in [0.15, 0.2) is 24.3 Å². The molecule has 7 amide bonds. The first-order chi connectivity index (χ1) is 13.8. The van der Waals surface area contributed by atoms with Crippen LogP contribution in [0.4, 0.5) is 19.7 Å². The number of imide groups is 3. The minimum atomic E-state index is -1.10. The number of nitrogens with one attached hydrogen (secondary N) is 2. The number of hydrogen-bond donors (Lipinski definition) is 2. The van der Waals surface area contributed by atoms with Gasteiger partial charge >= 0.3 is 23.9 Å². The van der Waals surface area contributed by atoms with E-state index in [0.717, 1.165) is 30.2 Å². The summed E-state index contributed by atoms with van der Waals surface area (Å²) < 4.78 is 13.5. The molecule has 2 fully saturated rings. The number of rotatable bonds is 4. The summed E-state index contributed by atoms with van der Waals surface area (Å²) in [6, 6.07) is 3.09. The zero-order chi connectivity index (χ0) is 21.1. The Hall–Kier alpha value is -3.30. The minimum Gasteiger partial charge on any atom is -0.305 e. The molecule has 1 aromatic carbocycles. The molecular formula is C19H21FN4O5. The molecule has 0 unspecified atom stereocenters. The molecule has 0 spiro atoms. The smallest absolute Gasteiger partial charge is 0.305 e. The summed E-state index contributed by atoms with van der Waals surface area (Å²) in [6.45, 7) is 1.13. The molecule has 29 heavy (non-hydrogen) atoms. The van der Waals surface area contributed by atoms with Crippen LogP contribution in [0.2, 0.25) is 0 Å². The maximum Gasteiger partial charge on any atom is 0.334 e. The second-order valence-corrected chi connectivity index (χ2v) is 7.16. The van der Waals surface area contributed by atoms with Gasteiger partial charge in [-0.2, -0.15) is 0 Å². The molecule has 2 atom stereocenters. The van der Waals surface area contributed by atoms with E-state index in [2.05, 4.69) is 5.32 Å². The van der Waals surface area contributed by atoms with Crippen LogP contribution in [-0.2, 0) is 14.4 Å². The van der Waals surface area contributed by atoms with Gasteiger partial charge in [-0.05, 0) is 30.9 Å². The Kier molecular flexibility index (Phi) is 5.90. The van der Waals surface area contributed by atoms with Crippen LogP contribution in [0, 0.1) is 11.7 Å². The van der Waals surface area contributed by atoms with Crippen LogP contribution in [0.5, 0.6) is 0 Å². The van der Waals surface area contributed by atoms with Gasteiger partial charge in [-0.15, -0.1) is 0 Å². The first-order valence-electron chi connectivity index (χ1n) is 9.34. The zero-order valence-corrected chi connectivity index (χ0v) is 15.8. The Morgan fingerprint density at radius 3 is 2.48 bits per heavy atom. The molecule has 154 valence electrons. The average molecular weight is 404 g/mol. The minimum absolute atomic E-state index is 0.0600. The molecule has 1 saturated carbocycles. The second kappa shape index (κ2) is 8.38. The van der Waals surface area contributed by atoms with Gasteiger partial charge in [0.25, 0.3) is 0 Å². The van der Waals surface area contributed by atoms with Gasteiger partial charge < -0.3 is 5.32 Å². The highest BCUT2D eigenvalue weighted by molar-refractivity contribution is 6.45. The summed E-state index contributed by atoms with van der Waals surface area (Å²) in [5.41, 5.74) is -0.140. The van der Waals surface area contributed by atoms with E-state index in [9.17, 15) is 28.4 Å². The van der Waals surface area contributed by atoms with E-state index in [-0.39, 0.29) is 17.6 Å². The average Bonchev–Trinajstić information content (AvgIpc) is 2.87. The molecule has 2 aliphatic rings. The summed E-state index contributed by atoms with van der Waals surface area (Å²) in [5, 5.41) is 4.06. The van der Waals surface area contributed by atoms with Gasteiger partial charge in [-0.3, -0.25) is 24.6 Å². The maximum absolute atomic E-state index is 13.5. The number of carbonyl (C=O) groups excluding carboxylic acids is 5. The Labute approximate surface area is 166 Å². The number of urea groups is 2. The first kappa shape index (κ1) is 20.4. The number of halogens is 1. The summed E-state index contributed by atoms with van der Waals surface area (Å²) >= 11 is 0. The van der Waals surface area contributed by atoms with Gasteiger partial charge in [0.2, 0.25) is 5.91 Å². The van der Waals surface area contributed by atoms with Crippen LogP contribution in [0.3, 0.4) is 0 Å². The number of hydrogen-bond acceptors (Lipinski definition) is 5. The predicted octanol–water partition coefficient (Wildman–Crippen LogP) is 1.84. The van der Waals surface area contributed by atoms with Crippen molar-refractivity contribution in [1.82, 2.24) is 15.1 Å². The Morgan fingerprint density at radius 1 is 1.10 bits per heavy atom. The fraction of sp³-hybridized carbons (Fsp3) is 0.421. The predicted molar refractivity (Wildman–Crippen MR) is 98.9 cm³/mol.